The molecule has 0 spiro atoms. The van der Waals surface area contributed by atoms with Gasteiger partial charge in [-0.25, -0.2) is 4.79 Å². The Labute approximate surface area is 127 Å². The maximum absolute atomic E-state index is 11.9. The molecule has 0 bridgehead atoms. The normalized spacial score (nSPS) is 11.4. The largest absolute Gasteiger partial charge is 0.465 e. The minimum atomic E-state index is -0.524. The molecule has 1 rings (SSSR count). The molecule has 0 saturated heterocycles. The van der Waals surface area contributed by atoms with E-state index in [4.69, 9.17) is 3.83 Å². The number of nitrogens with one attached hydrogen (secondary N) is 1. The van der Waals surface area contributed by atoms with Gasteiger partial charge < -0.3 is 13.9 Å². The topological polar surface area (TPSA) is 64.6 Å². The Morgan fingerprint density at radius 1 is 1.26 bits per heavy atom. The SMILES string of the molecule is COC(=O)c1ccccc1NC(=O)C(Br)=C(C)OBr. The maximum Gasteiger partial charge on any atom is 0.339 e. The summed E-state index contributed by atoms with van der Waals surface area (Å²) in [6, 6.07) is 6.55. The highest BCUT2D eigenvalue weighted by atomic mass is 79.9. The van der Waals surface area contributed by atoms with Gasteiger partial charge in [-0.2, -0.15) is 0 Å². The second-order valence-corrected chi connectivity index (χ2v) is 4.56. The van der Waals surface area contributed by atoms with Gasteiger partial charge in [-0.05, 0) is 35.0 Å². The minimum Gasteiger partial charge on any atom is -0.465 e. The molecule has 19 heavy (non-hydrogen) atoms. The van der Waals surface area contributed by atoms with Gasteiger partial charge in [-0.1, -0.05) is 12.1 Å². The first-order valence-electron chi connectivity index (χ1n) is 5.15. The van der Waals surface area contributed by atoms with Crippen molar-refractivity contribution < 1.29 is 18.2 Å². The molecule has 0 aliphatic carbocycles. The van der Waals surface area contributed by atoms with E-state index in [2.05, 4.69) is 42.2 Å². The number of carbonyl (C=O) groups excluding carboxylic acids is 2. The minimum absolute atomic E-state index is 0.212. The van der Waals surface area contributed by atoms with Gasteiger partial charge in [0.15, 0.2) is 16.3 Å². The number of esters is 1. The van der Waals surface area contributed by atoms with E-state index in [1.165, 1.54) is 7.11 Å². The van der Waals surface area contributed by atoms with Crippen LogP contribution in [0.2, 0.25) is 0 Å². The van der Waals surface area contributed by atoms with E-state index < -0.39 is 11.9 Å². The van der Waals surface area contributed by atoms with Crippen molar-refractivity contribution in [3.8, 4) is 0 Å². The predicted octanol–water partition coefficient (Wildman–Crippen LogP) is 3.36. The number of rotatable bonds is 4. The lowest BCUT2D eigenvalue weighted by atomic mass is 10.2. The third kappa shape index (κ3) is 4.07. The Balaban J connectivity index is 3.01. The molecule has 0 aliphatic rings. The monoisotopic (exact) mass is 391 g/mol. The molecule has 0 aliphatic heterocycles. The number of methoxy groups -OCH3 is 1. The number of hydrogen-bond acceptors (Lipinski definition) is 4. The summed E-state index contributed by atoms with van der Waals surface area (Å²) in [7, 11) is 1.28. The van der Waals surface area contributed by atoms with Crippen LogP contribution in [0.25, 0.3) is 0 Å². The summed E-state index contributed by atoms with van der Waals surface area (Å²) in [4.78, 5) is 23.5. The zero-order chi connectivity index (χ0) is 14.4. The second kappa shape index (κ2) is 7.30. The van der Waals surface area contributed by atoms with E-state index in [-0.39, 0.29) is 10.0 Å². The van der Waals surface area contributed by atoms with Gasteiger partial charge in [0.1, 0.15) is 10.2 Å². The molecule has 0 fully saturated rings. The molecule has 1 aromatic rings. The third-order valence-electron chi connectivity index (χ3n) is 2.20. The van der Waals surface area contributed by atoms with Crippen LogP contribution >= 0.6 is 32.2 Å². The van der Waals surface area contributed by atoms with E-state index in [0.717, 1.165) is 0 Å². The quantitative estimate of drug-likeness (QED) is 0.484. The molecule has 0 heterocycles. The number of halogens is 2. The van der Waals surface area contributed by atoms with Crippen LogP contribution in [0, 0.1) is 0 Å². The zero-order valence-corrected chi connectivity index (χ0v) is 13.4. The lowest BCUT2D eigenvalue weighted by Crippen LogP contribution is -2.15. The van der Waals surface area contributed by atoms with E-state index in [9.17, 15) is 9.59 Å². The molecule has 1 amide bonds. The summed E-state index contributed by atoms with van der Waals surface area (Å²) in [5, 5.41) is 2.60. The Kier molecular flexibility index (Phi) is 6.04. The fourth-order valence-electron chi connectivity index (χ4n) is 1.25. The molecule has 102 valence electrons. The number of carbonyl (C=O) groups is 2. The molecule has 7 heteroatoms. The fraction of sp³-hybridized carbons (Fsp3) is 0.167. The van der Waals surface area contributed by atoms with Crippen molar-refractivity contribution in [2.75, 3.05) is 12.4 Å². The number of para-hydroxylation sites is 1. The molecule has 0 radical (unpaired) electrons. The van der Waals surface area contributed by atoms with Crippen LogP contribution in [0.3, 0.4) is 0 Å². The van der Waals surface area contributed by atoms with Gasteiger partial charge in [0.25, 0.3) is 5.91 Å². The lowest BCUT2D eigenvalue weighted by molar-refractivity contribution is -0.112. The van der Waals surface area contributed by atoms with E-state index >= 15 is 0 Å². The number of anilines is 1. The van der Waals surface area contributed by atoms with E-state index in [1.807, 2.05) is 0 Å². The van der Waals surface area contributed by atoms with E-state index in [0.29, 0.717) is 11.4 Å². The van der Waals surface area contributed by atoms with Crippen molar-refractivity contribution in [1.82, 2.24) is 0 Å². The van der Waals surface area contributed by atoms with Crippen LogP contribution in [-0.4, -0.2) is 19.0 Å². The first-order chi connectivity index (χ1) is 9.01. The summed E-state index contributed by atoms with van der Waals surface area (Å²) in [6.45, 7) is 1.60. The first-order valence-corrected chi connectivity index (χ1v) is 6.59. The fourth-order valence-corrected chi connectivity index (χ4v) is 1.81. The van der Waals surface area contributed by atoms with Gasteiger partial charge in [0.05, 0.1) is 18.4 Å². The number of benzene rings is 1. The second-order valence-electron chi connectivity index (χ2n) is 3.44. The standard InChI is InChI=1S/C12H11Br2NO4/c1-7(19-14)10(13)11(16)15-9-6-4-3-5-8(9)12(17)18-2/h3-6H,1-2H3,(H,15,16). The molecular formula is C12H11Br2NO4. The van der Waals surface area contributed by atoms with Crippen molar-refractivity contribution >= 4 is 49.8 Å². The number of hydrogen-bond donors (Lipinski definition) is 1. The average molecular weight is 393 g/mol. The zero-order valence-electron chi connectivity index (χ0n) is 10.2. The van der Waals surface area contributed by atoms with Crippen LogP contribution in [0.15, 0.2) is 34.5 Å². The molecule has 0 aromatic heterocycles. The van der Waals surface area contributed by atoms with Gasteiger partial charge in [0, 0.05) is 0 Å². The summed E-state index contributed by atoms with van der Waals surface area (Å²) < 4.78 is 9.62. The average Bonchev–Trinajstić information content (AvgIpc) is 2.45. The van der Waals surface area contributed by atoms with Crippen molar-refractivity contribution in [1.29, 1.82) is 0 Å². The van der Waals surface area contributed by atoms with Gasteiger partial charge in [-0.15, -0.1) is 0 Å². The molecule has 0 unspecified atom stereocenters. The summed E-state index contributed by atoms with van der Waals surface area (Å²) in [5.41, 5.74) is 0.634. The molecule has 1 N–H and O–H groups in total. The molecule has 0 atom stereocenters. The number of allylic oxidation sites excluding steroid dienone is 1. The highest BCUT2D eigenvalue weighted by molar-refractivity contribution is 9.12. The van der Waals surface area contributed by atoms with Crippen LogP contribution < -0.4 is 5.32 Å². The Morgan fingerprint density at radius 3 is 2.47 bits per heavy atom. The third-order valence-corrected chi connectivity index (χ3v) is 3.61. The Bertz CT molecular complexity index is 528. The molecule has 1 aromatic carbocycles. The smallest absolute Gasteiger partial charge is 0.339 e. The molecular weight excluding hydrogens is 382 g/mol. The summed E-state index contributed by atoms with van der Waals surface area (Å²) >= 11 is 5.88. The Hall–Kier alpha value is -1.34. The maximum atomic E-state index is 11.9. The molecule has 0 saturated carbocycles. The number of amides is 1. The van der Waals surface area contributed by atoms with Crippen molar-refractivity contribution in [3.05, 3.63) is 40.1 Å². The highest BCUT2D eigenvalue weighted by Crippen LogP contribution is 2.20. The van der Waals surface area contributed by atoms with Gasteiger partial charge in [-0.3, -0.25) is 4.79 Å². The molecule has 5 nitrogen and oxygen atoms in total. The van der Waals surface area contributed by atoms with Crippen molar-refractivity contribution in [2.45, 2.75) is 6.92 Å². The van der Waals surface area contributed by atoms with Crippen LogP contribution in [0.4, 0.5) is 5.69 Å². The summed E-state index contributed by atoms with van der Waals surface area (Å²) in [6.07, 6.45) is 0. The first kappa shape index (κ1) is 15.7. The van der Waals surface area contributed by atoms with Crippen molar-refractivity contribution in [3.63, 3.8) is 0 Å². The van der Waals surface area contributed by atoms with Gasteiger partial charge >= 0.3 is 5.97 Å². The van der Waals surface area contributed by atoms with E-state index in [1.54, 1.807) is 31.2 Å². The predicted molar refractivity (Wildman–Crippen MR) is 78.1 cm³/mol. The van der Waals surface area contributed by atoms with Crippen LogP contribution in [-0.2, 0) is 13.4 Å². The Morgan fingerprint density at radius 2 is 1.89 bits per heavy atom. The van der Waals surface area contributed by atoms with Gasteiger partial charge in [0.2, 0.25) is 0 Å². The highest BCUT2D eigenvalue weighted by Gasteiger charge is 2.16. The van der Waals surface area contributed by atoms with Crippen LogP contribution in [0.1, 0.15) is 17.3 Å². The summed E-state index contributed by atoms with van der Waals surface area (Å²) in [5.74, 6) is -0.606. The number of ether oxygens (including phenoxy) is 1. The lowest BCUT2D eigenvalue weighted by Gasteiger charge is -2.09. The van der Waals surface area contributed by atoms with Crippen LogP contribution in [0.5, 0.6) is 0 Å². The van der Waals surface area contributed by atoms with Crippen molar-refractivity contribution in [2.24, 2.45) is 0 Å².